The van der Waals surface area contributed by atoms with Crippen molar-refractivity contribution in [2.75, 3.05) is 6.54 Å². The third-order valence-corrected chi connectivity index (χ3v) is 5.35. The van der Waals surface area contributed by atoms with Crippen LogP contribution in [0.2, 0.25) is 0 Å². The fourth-order valence-corrected chi connectivity index (χ4v) is 4.09. The Morgan fingerprint density at radius 3 is 2.54 bits per heavy atom. The fourth-order valence-electron chi connectivity index (χ4n) is 4.09. The van der Waals surface area contributed by atoms with Crippen LogP contribution in [-0.4, -0.2) is 28.1 Å². The zero-order chi connectivity index (χ0) is 16.4. The highest BCUT2D eigenvalue weighted by Gasteiger charge is 2.32. The van der Waals surface area contributed by atoms with Gasteiger partial charge in [-0.05, 0) is 30.5 Å². The van der Waals surface area contributed by atoms with E-state index in [1.165, 1.54) is 30.5 Å². The summed E-state index contributed by atoms with van der Waals surface area (Å²) in [6, 6.07) is 15.0. The van der Waals surface area contributed by atoms with E-state index in [0.717, 1.165) is 25.9 Å². The third kappa shape index (κ3) is 2.93. The van der Waals surface area contributed by atoms with E-state index in [2.05, 4.69) is 52.5 Å². The number of aromatic nitrogens is 1. The van der Waals surface area contributed by atoms with Crippen molar-refractivity contribution in [3.05, 3.63) is 59.9 Å². The highest BCUT2D eigenvalue weighted by molar-refractivity contribution is 5.76. The molecule has 4 rings (SSSR count). The SMILES string of the molecule is O=C(NC1CCCCC1)N1CCn2cccc2[C@H]1c1ccccc1. The Kier molecular flexibility index (Phi) is 4.28. The predicted molar refractivity (Wildman–Crippen MR) is 94.8 cm³/mol. The van der Waals surface area contributed by atoms with Gasteiger partial charge in [-0.25, -0.2) is 4.79 Å². The molecule has 2 aromatic rings. The first-order valence-electron chi connectivity index (χ1n) is 9.10. The van der Waals surface area contributed by atoms with Gasteiger partial charge in [0.2, 0.25) is 0 Å². The Labute approximate surface area is 143 Å². The summed E-state index contributed by atoms with van der Waals surface area (Å²) in [4.78, 5) is 15.0. The molecule has 0 unspecified atom stereocenters. The van der Waals surface area contributed by atoms with Crippen molar-refractivity contribution < 1.29 is 4.79 Å². The first kappa shape index (κ1) is 15.3. The lowest BCUT2D eigenvalue weighted by molar-refractivity contribution is 0.162. The zero-order valence-electron chi connectivity index (χ0n) is 14.0. The second-order valence-electron chi connectivity index (χ2n) is 6.92. The minimum atomic E-state index is -0.00135. The van der Waals surface area contributed by atoms with E-state index in [4.69, 9.17) is 0 Å². The van der Waals surface area contributed by atoms with Crippen LogP contribution in [0.25, 0.3) is 0 Å². The summed E-state index contributed by atoms with van der Waals surface area (Å²) in [5.41, 5.74) is 2.38. The van der Waals surface area contributed by atoms with Crippen LogP contribution in [0.5, 0.6) is 0 Å². The minimum absolute atomic E-state index is 0.00135. The van der Waals surface area contributed by atoms with Gasteiger partial charge in [0, 0.05) is 31.0 Å². The maximum absolute atomic E-state index is 13.0. The second kappa shape index (κ2) is 6.71. The van der Waals surface area contributed by atoms with Gasteiger partial charge in [0.25, 0.3) is 0 Å². The number of hydrogen-bond acceptors (Lipinski definition) is 1. The summed E-state index contributed by atoms with van der Waals surface area (Å²) in [6.07, 6.45) is 8.11. The van der Waals surface area contributed by atoms with Crippen LogP contribution in [0.4, 0.5) is 4.79 Å². The molecule has 2 amide bonds. The number of nitrogens with zero attached hydrogens (tertiary/aromatic N) is 2. The van der Waals surface area contributed by atoms with E-state index in [1.807, 2.05) is 11.0 Å². The van der Waals surface area contributed by atoms with Gasteiger partial charge in [0.1, 0.15) is 0 Å². The Morgan fingerprint density at radius 2 is 1.75 bits per heavy atom. The van der Waals surface area contributed by atoms with E-state index in [-0.39, 0.29) is 12.1 Å². The van der Waals surface area contributed by atoms with Crippen molar-refractivity contribution in [2.45, 2.75) is 50.7 Å². The quantitative estimate of drug-likeness (QED) is 0.893. The van der Waals surface area contributed by atoms with Crippen LogP contribution in [0.3, 0.4) is 0 Å². The van der Waals surface area contributed by atoms with Crippen LogP contribution >= 0.6 is 0 Å². The molecule has 24 heavy (non-hydrogen) atoms. The average Bonchev–Trinajstić information content (AvgIpc) is 3.11. The summed E-state index contributed by atoms with van der Waals surface area (Å²) in [7, 11) is 0. The second-order valence-corrected chi connectivity index (χ2v) is 6.92. The van der Waals surface area contributed by atoms with E-state index in [1.54, 1.807) is 0 Å². The normalized spacial score (nSPS) is 21.3. The highest BCUT2D eigenvalue weighted by atomic mass is 16.2. The zero-order valence-corrected chi connectivity index (χ0v) is 14.0. The van der Waals surface area contributed by atoms with Gasteiger partial charge in [-0.15, -0.1) is 0 Å². The van der Waals surface area contributed by atoms with E-state index >= 15 is 0 Å². The molecule has 0 spiro atoms. The standard InChI is InChI=1S/C20H25N3O/c24-20(21-17-10-5-2-6-11-17)23-15-14-22-13-7-12-18(22)19(23)16-8-3-1-4-9-16/h1,3-4,7-9,12-13,17,19H,2,5-6,10-11,14-15H2,(H,21,24)/t19-/m1/s1. The van der Waals surface area contributed by atoms with Gasteiger partial charge in [-0.3, -0.25) is 0 Å². The topological polar surface area (TPSA) is 37.3 Å². The number of rotatable bonds is 2. The molecule has 0 radical (unpaired) electrons. The lowest BCUT2D eigenvalue weighted by Gasteiger charge is -2.38. The van der Waals surface area contributed by atoms with Gasteiger partial charge < -0.3 is 14.8 Å². The summed E-state index contributed by atoms with van der Waals surface area (Å²) in [6.45, 7) is 1.61. The first-order valence-corrected chi connectivity index (χ1v) is 9.10. The summed E-state index contributed by atoms with van der Waals surface area (Å²) in [5.74, 6) is 0. The number of amides is 2. The Morgan fingerprint density at radius 1 is 0.958 bits per heavy atom. The lowest BCUT2D eigenvalue weighted by atomic mass is 9.95. The molecular formula is C20H25N3O. The third-order valence-electron chi connectivity index (χ3n) is 5.35. The van der Waals surface area contributed by atoms with Crippen LogP contribution < -0.4 is 5.32 Å². The number of benzene rings is 1. The first-order chi connectivity index (χ1) is 11.8. The van der Waals surface area contributed by atoms with E-state index in [0.29, 0.717) is 6.04 Å². The fraction of sp³-hybridized carbons (Fsp3) is 0.450. The molecule has 1 fully saturated rings. The molecule has 0 saturated heterocycles. The van der Waals surface area contributed by atoms with Crippen molar-refractivity contribution in [1.29, 1.82) is 0 Å². The number of hydrogen-bond donors (Lipinski definition) is 1. The van der Waals surface area contributed by atoms with Crippen LogP contribution in [0, 0.1) is 0 Å². The van der Waals surface area contributed by atoms with Gasteiger partial charge in [0.15, 0.2) is 0 Å². The largest absolute Gasteiger partial charge is 0.348 e. The predicted octanol–water partition coefficient (Wildman–Crippen LogP) is 3.94. The molecule has 2 heterocycles. The molecule has 2 aliphatic rings. The number of nitrogens with one attached hydrogen (secondary N) is 1. The van der Waals surface area contributed by atoms with Crippen LogP contribution in [0.1, 0.15) is 49.4 Å². The van der Waals surface area contributed by atoms with Crippen LogP contribution in [0.15, 0.2) is 48.7 Å². The van der Waals surface area contributed by atoms with Gasteiger partial charge >= 0.3 is 6.03 Å². The highest BCUT2D eigenvalue weighted by Crippen LogP contribution is 2.32. The van der Waals surface area contributed by atoms with Gasteiger partial charge in [0.05, 0.1) is 6.04 Å². The van der Waals surface area contributed by atoms with Crippen molar-refractivity contribution in [1.82, 2.24) is 14.8 Å². The maximum atomic E-state index is 13.0. The summed E-state index contributed by atoms with van der Waals surface area (Å²) >= 11 is 0. The summed E-state index contributed by atoms with van der Waals surface area (Å²) in [5, 5.41) is 3.29. The molecule has 1 aliphatic heterocycles. The molecule has 1 saturated carbocycles. The van der Waals surface area contributed by atoms with E-state index < -0.39 is 0 Å². The molecule has 4 heteroatoms. The lowest BCUT2D eigenvalue weighted by Crippen LogP contribution is -2.50. The number of carbonyl (C=O) groups excluding carboxylic acids is 1. The molecule has 126 valence electrons. The van der Waals surface area contributed by atoms with E-state index in [9.17, 15) is 4.79 Å². The molecule has 1 aliphatic carbocycles. The number of urea groups is 1. The Hall–Kier alpha value is -2.23. The Balaban J connectivity index is 1.60. The van der Waals surface area contributed by atoms with Crippen molar-refractivity contribution in [3.8, 4) is 0 Å². The molecule has 1 aromatic carbocycles. The van der Waals surface area contributed by atoms with Crippen molar-refractivity contribution in [2.24, 2.45) is 0 Å². The summed E-state index contributed by atoms with van der Waals surface area (Å²) < 4.78 is 2.27. The molecule has 0 bridgehead atoms. The van der Waals surface area contributed by atoms with Gasteiger partial charge in [-0.2, -0.15) is 0 Å². The van der Waals surface area contributed by atoms with Crippen LogP contribution in [-0.2, 0) is 6.54 Å². The molecule has 4 nitrogen and oxygen atoms in total. The molecule has 1 N–H and O–H groups in total. The van der Waals surface area contributed by atoms with Crippen molar-refractivity contribution >= 4 is 6.03 Å². The number of fused-ring (bicyclic) bond motifs is 1. The van der Waals surface area contributed by atoms with Crippen molar-refractivity contribution in [3.63, 3.8) is 0 Å². The molecular weight excluding hydrogens is 298 g/mol. The molecule has 1 atom stereocenters. The minimum Gasteiger partial charge on any atom is -0.348 e. The monoisotopic (exact) mass is 323 g/mol. The smallest absolute Gasteiger partial charge is 0.318 e. The maximum Gasteiger partial charge on any atom is 0.318 e. The molecule has 1 aromatic heterocycles. The number of carbonyl (C=O) groups is 1. The van der Waals surface area contributed by atoms with Gasteiger partial charge in [-0.1, -0.05) is 49.6 Å². The Bertz CT molecular complexity index is 688. The average molecular weight is 323 g/mol.